The van der Waals surface area contributed by atoms with Crippen molar-refractivity contribution in [1.29, 1.82) is 0 Å². The molecule has 0 spiro atoms. The fourth-order valence-corrected chi connectivity index (χ4v) is 3.10. The minimum absolute atomic E-state index is 0.0530. The highest BCUT2D eigenvalue weighted by molar-refractivity contribution is 5.88. The number of hydrogen-bond donors (Lipinski definition) is 2. The van der Waals surface area contributed by atoms with Gasteiger partial charge in [-0.2, -0.15) is 0 Å². The summed E-state index contributed by atoms with van der Waals surface area (Å²) in [5.41, 5.74) is 2.72. The number of para-hydroxylation sites is 1. The zero-order chi connectivity index (χ0) is 20.1. The van der Waals surface area contributed by atoms with E-state index in [1.54, 1.807) is 0 Å². The monoisotopic (exact) mass is 380 g/mol. The van der Waals surface area contributed by atoms with Crippen molar-refractivity contribution < 1.29 is 14.3 Å². The quantitative estimate of drug-likeness (QED) is 0.617. The van der Waals surface area contributed by atoms with Crippen molar-refractivity contribution in [1.82, 2.24) is 10.3 Å². The predicted molar refractivity (Wildman–Crippen MR) is 112 cm³/mol. The van der Waals surface area contributed by atoms with Crippen LogP contribution in [0.2, 0.25) is 0 Å². The van der Waals surface area contributed by atoms with E-state index in [0.717, 1.165) is 27.8 Å². The molecule has 1 aromatic heterocycles. The van der Waals surface area contributed by atoms with E-state index in [1.165, 1.54) is 0 Å². The van der Waals surface area contributed by atoms with Crippen LogP contribution in [0.3, 0.4) is 0 Å². The Labute approximate surface area is 166 Å². The fraction of sp³-hybridized carbons (Fsp3) is 0.348. The second-order valence-electron chi connectivity index (χ2n) is 8.02. The van der Waals surface area contributed by atoms with Gasteiger partial charge in [0.05, 0.1) is 5.52 Å². The lowest BCUT2D eigenvalue weighted by Gasteiger charge is -2.21. The number of aromatic nitrogens is 1. The first-order valence-corrected chi connectivity index (χ1v) is 9.57. The van der Waals surface area contributed by atoms with Gasteiger partial charge in [-0.15, -0.1) is 0 Å². The van der Waals surface area contributed by atoms with Gasteiger partial charge in [0.2, 0.25) is 0 Å². The number of benzene rings is 2. The second kappa shape index (κ2) is 8.38. The Hall–Kier alpha value is -2.95. The van der Waals surface area contributed by atoms with Gasteiger partial charge in [0.25, 0.3) is 0 Å². The van der Waals surface area contributed by atoms with Gasteiger partial charge in [-0.3, -0.25) is 0 Å². The van der Waals surface area contributed by atoms with Crippen molar-refractivity contribution in [2.24, 2.45) is 0 Å². The smallest absolute Gasteiger partial charge is 0.407 e. The summed E-state index contributed by atoms with van der Waals surface area (Å²) >= 11 is 0. The molecule has 0 radical (unpaired) electrons. The Morgan fingerprint density at radius 1 is 1.11 bits per heavy atom. The number of fused-ring (bicyclic) bond motifs is 1. The maximum atomic E-state index is 12.0. The van der Waals surface area contributed by atoms with Crippen LogP contribution >= 0.6 is 0 Å². The molecule has 2 N–H and O–H groups in total. The number of carbonyl (C=O) groups excluding carboxylic acids is 1. The first-order chi connectivity index (χ1) is 13.3. The first kappa shape index (κ1) is 19.8. The molecule has 1 heterocycles. The zero-order valence-electron chi connectivity index (χ0n) is 16.9. The van der Waals surface area contributed by atoms with Crippen molar-refractivity contribution in [3.63, 3.8) is 0 Å². The summed E-state index contributed by atoms with van der Waals surface area (Å²) in [4.78, 5) is 15.3. The molecular weight excluding hydrogens is 352 g/mol. The highest BCUT2D eigenvalue weighted by Gasteiger charge is 2.18. The van der Waals surface area contributed by atoms with Gasteiger partial charge in [0.15, 0.2) is 0 Å². The van der Waals surface area contributed by atoms with E-state index in [2.05, 4.69) is 16.4 Å². The third kappa shape index (κ3) is 5.28. The molecule has 28 heavy (non-hydrogen) atoms. The van der Waals surface area contributed by atoms with Gasteiger partial charge in [-0.05, 0) is 51.3 Å². The van der Waals surface area contributed by atoms with Gasteiger partial charge < -0.3 is 19.8 Å². The van der Waals surface area contributed by atoms with Crippen molar-refractivity contribution in [2.45, 2.75) is 52.4 Å². The summed E-state index contributed by atoms with van der Waals surface area (Å²) < 4.78 is 11.4. The topological polar surface area (TPSA) is 63.3 Å². The van der Waals surface area contributed by atoms with Crippen LogP contribution in [0.15, 0.2) is 54.7 Å². The molecule has 1 amide bonds. The van der Waals surface area contributed by atoms with Gasteiger partial charge in [-0.25, -0.2) is 4.79 Å². The van der Waals surface area contributed by atoms with Gasteiger partial charge in [0, 0.05) is 17.6 Å². The standard InChI is InChI=1S/C23H28N2O3/c1-16(25-22(26)28-23(2,3)4)13-18-14-24-21-19(18)11-8-12-20(21)27-15-17-9-6-5-7-10-17/h5-12,14,16,24H,13,15H2,1-4H3,(H,25,26)/t16-/m0/s1. The van der Waals surface area contributed by atoms with Crippen molar-refractivity contribution in [2.75, 3.05) is 0 Å². The molecule has 0 saturated heterocycles. The summed E-state index contributed by atoms with van der Waals surface area (Å²) in [6.45, 7) is 8.05. The van der Waals surface area contributed by atoms with Crippen molar-refractivity contribution in [3.8, 4) is 5.75 Å². The fourth-order valence-electron chi connectivity index (χ4n) is 3.10. The number of alkyl carbamates (subject to hydrolysis) is 1. The van der Waals surface area contributed by atoms with Crippen LogP contribution < -0.4 is 10.1 Å². The molecule has 3 rings (SSSR count). The van der Waals surface area contributed by atoms with Crippen LogP contribution in [-0.4, -0.2) is 22.7 Å². The summed E-state index contributed by atoms with van der Waals surface area (Å²) in [6.07, 6.45) is 2.28. The lowest BCUT2D eigenvalue weighted by atomic mass is 10.1. The number of ether oxygens (including phenoxy) is 2. The number of amides is 1. The number of nitrogens with one attached hydrogen (secondary N) is 2. The molecule has 0 aliphatic carbocycles. The van der Waals surface area contributed by atoms with Crippen LogP contribution in [0, 0.1) is 0 Å². The zero-order valence-corrected chi connectivity index (χ0v) is 16.9. The summed E-state index contributed by atoms with van der Waals surface area (Å²) in [7, 11) is 0. The maximum absolute atomic E-state index is 12.0. The van der Waals surface area contributed by atoms with E-state index in [9.17, 15) is 4.79 Å². The normalized spacial score (nSPS) is 12.6. The molecule has 5 heteroatoms. The molecule has 0 fully saturated rings. The van der Waals surface area contributed by atoms with E-state index in [1.807, 2.05) is 76.4 Å². The molecule has 0 bridgehead atoms. The number of rotatable bonds is 6. The molecule has 5 nitrogen and oxygen atoms in total. The van der Waals surface area contributed by atoms with Crippen LogP contribution in [0.1, 0.15) is 38.8 Å². The SMILES string of the molecule is C[C@@H](Cc1c[nH]c2c(OCc3ccccc3)cccc12)NC(=O)OC(C)(C)C. The lowest BCUT2D eigenvalue weighted by Crippen LogP contribution is -2.38. The lowest BCUT2D eigenvalue weighted by molar-refractivity contribution is 0.0508. The Bertz CT molecular complexity index is 926. The molecular formula is C23H28N2O3. The van der Waals surface area contributed by atoms with E-state index >= 15 is 0 Å². The van der Waals surface area contributed by atoms with Gasteiger partial charge in [0.1, 0.15) is 18.0 Å². The average Bonchev–Trinajstić information content (AvgIpc) is 3.02. The predicted octanol–water partition coefficient (Wildman–Crippen LogP) is 5.20. The van der Waals surface area contributed by atoms with Crippen LogP contribution in [-0.2, 0) is 17.8 Å². The largest absolute Gasteiger partial charge is 0.487 e. The highest BCUT2D eigenvalue weighted by atomic mass is 16.6. The van der Waals surface area contributed by atoms with Crippen LogP contribution in [0.25, 0.3) is 10.9 Å². The van der Waals surface area contributed by atoms with Crippen LogP contribution in [0.5, 0.6) is 5.75 Å². The highest BCUT2D eigenvalue weighted by Crippen LogP contribution is 2.28. The Balaban J connectivity index is 1.67. The number of H-pyrrole nitrogens is 1. The Morgan fingerprint density at radius 2 is 1.86 bits per heavy atom. The Kier molecular flexibility index (Phi) is 5.93. The molecule has 0 unspecified atom stereocenters. The summed E-state index contributed by atoms with van der Waals surface area (Å²) in [6, 6.07) is 16.1. The van der Waals surface area contributed by atoms with E-state index in [4.69, 9.17) is 9.47 Å². The third-order valence-corrected chi connectivity index (χ3v) is 4.29. The van der Waals surface area contributed by atoms with Gasteiger partial charge in [-0.1, -0.05) is 42.5 Å². The van der Waals surface area contributed by atoms with Gasteiger partial charge >= 0.3 is 6.09 Å². The molecule has 0 aliphatic rings. The average molecular weight is 380 g/mol. The molecule has 0 saturated carbocycles. The van der Waals surface area contributed by atoms with E-state index in [-0.39, 0.29) is 6.04 Å². The molecule has 0 aliphatic heterocycles. The molecule has 2 aromatic carbocycles. The molecule has 3 aromatic rings. The minimum Gasteiger partial charge on any atom is -0.487 e. The molecule has 148 valence electrons. The first-order valence-electron chi connectivity index (χ1n) is 9.57. The van der Waals surface area contributed by atoms with Crippen LogP contribution in [0.4, 0.5) is 4.79 Å². The third-order valence-electron chi connectivity index (χ3n) is 4.29. The second-order valence-corrected chi connectivity index (χ2v) is 8.02. The summed E-state index contributed by atoms with van der Waals surface area (Å²) in [5, 5.41) is 3.99. The maximum Gasteiger partial charge on any atom is 0.407 e. The minimum atomic E-state index is -0.504. The number of hydrogen-bond acceptors (Lipinski definition) is 3. The van der Waals surface area contributed by atoms with E-state index < -0.39 is 11.7 Å². The van der Waals surface area contributed by atoms with E-state index in [0.29, 0.717) is 13.0 Å². The Morgan fingerprint density at radius 3 is 2.57 bits per heavy atom. The number of carbonyl (C=O) groups is 1. The number of aromatic amines is 1. The molecule has 1 atom stereocenters. The summed E-state index contributed by atoms with van der Waals surface area (Å²) in [5.74, 6) is 0.820. The van der Waals surface area contributed by atoms with Crippen molar-refractivity contribution in [3.05, 3.63) is 65.9 Å². The van der Waals surface area contributed by atoms with Crippen molar-refractivity contribution >= 4 is 17.0 Å².